The molecule has 0 N–H and O–H groups in total. The van der Waals surface area contributed by atoms with Crippen LogP contribution in [0.25, 0.3) is 16.9 Å². The third-order valence-corrected chi connectivity index (χ3v) is 4.69. The standard InChI is InChI=1S/C20H24ClN3O2/c1-11(2)16-9-13(5)24-18(16)20(25)23(6)19(22-24)15-8-7-14(10-17(15)21)26-12(3)4/h7-12H,1-6H3. The number of rotatable bonds is 4. The van der Waals surface area contributed by atoms with Crippen LogP contribution in [0, 0.1) is 6.92 Å². The molecule has 0 aliphatic rings. The molecule has 2 heterocycles. The molecule has 5 nitrogen and oxygen atoms in total. The molecular formula is C20H24ClN3O2. The van der Waals surface area contributed by atoms with Gasteiger partial charge in [-0.3, -0.25) is 9.36 Å². The van der Waals surface area contributed by atoms with Gasteiger partial charge in [-0.1, -0.05) is 25.4 Å². The monoisotopic (exact) mass is 373 g/mol. The quantitative estimate of drug-likeness (QED) is 0.672. The maximum absolute atomic E-state index is 13.0. The van der Waals surface area contributed by atoms with Crippen LogP contribution < -0.4 is 10.3 Å². The van der Waals surface area contributed by atoms with Crippen molar-refractivity contribution in [3.8, 4) is 17.1 Å². The van der Waals surface area contributed by atoms with Crippen molar-refractivity contribution in [1.82, 2.24) is 14.2 Å². The highest BCUT2D eigenvalue weighted by Gasteiger charge is 2.19. The van der Waals surface area contributed by atoms with Gasteiger partial charge in [0, 0.05) is 18.3 Å². The van der Waals surface area contributed by atoms with E-state index < -0.39 is 0 Å². The first-order valence-electron chi connectivity index (χ1n) is 8.76. The Labute approximate surface area is 158 Å². The van der Waals surface area contributed by atoms with Gasteiger partial charge in [0.1, 0.15) is 11.3 Å². The van der Waals surface area contributed by atoms with E-state index in [2.05, 4.69) is 13.8 Å². The molecule has 2 aromatic heterocycles. The molecule has 0 radical (unpaired) electrons. The first-order chi connectivity index (χ1) is 12.2. The summed E-state index contributed by atoms with van der Waals surface area (Å²) < 4.78 is 8.96. The number of aromatic nitrogens is 3. The number of benzene rings is 1. The molecule has 0 saturated heterocycles. The van der Waals surface area contributed by atoms with Crippen molar-refractivity contribution in [1.29, 1.82) is 0 Å². The van der Waals surface area contributed by atoms with Crippen LogP contribution in [0.1, 0.15) is 44.9 Å². The van der Waals surface area contributed by atoms with E-state index in [-0.39, 0.29) is 17.6 Å². The summed E-state index contributed by atoms with van der Waals surface area (Å²) in [5.74, 6) is 1.46. The molecule has 0 unspecified atom stereocenters. The van der Waals surface area contributed by atoms with Gasteiger partial charge in [0.2, 0.25) is 0 Å². The Morgan fingerprint density at radius 2 is 1.85 bits per heavy atom. The number of fused-ring (bicyclic) bond motifs is 1. The van der Waals surface area contributed by atoms with Crippen molar-refractivity contribution >= 4 is 17.1 Å². The Morgan fingerprint density at radius 3 is 2.42 bits per heavy atom. The van der Waals surface area contributed by atoms with Crippen molar-refractivity contribution in [3.05, 3.63) is 50.9 Å². The Morgan fingerprint density at radius 1 is 1.15 bits per heavy atom. The molecule has 138 valence electrons. The molecule has 6 heteroatoms. The number of hydrogen-bond acceptors (Lipinski definition) is 3. The van der Waals surface area contributed by atoms with Gasteiger partial charge in [-0.2, -0.15) is 0 Å². The van der Waals surface area contributed by atoms with E-state index in [1.165, 1.54) is 0 Å². The Balaban J connectivity index is 2.22. The van der Waals surface area contributed by atoms with Gasteiger partial charge in [-0.05, 0) is 56.5 Å². The van der Waals surface area contributed by atoms with Gasteiger partial charge in [0.05, 0.1) is 11.1 Å². The van der Waals surface area contributed by atoms with Crippen LogP contribution in [-0.4, -0.2) is 20.3 Å². The fraction of sp³-hybridized carbons (Fsp3) is 0.400. The van der Waals surface area contributed by atoms with Crippen molar-refractivity contribution in [2.75, 3.05) is 0 Å². The minimum Gasteiger partial charge on any atom is -0.491 e. The second-order valence-corrected chi connectivity index (χ2v) is 7.56. The number of nitrogens with zero attached hydrogens (tertiary/aromatic N) is 3. The van der Waals surface area contributed by atoms with E-state index in [1.807, 2.05) is 39.0 Å². The van der Waals surface area contributed by atoms with Crippen molar-refractivity contribution < 1.29 is 4.74 Å². The lowest BCUT2D eigenvalue weighted by atomic mass is 10.1. The summed E-state index contributed by atoms with van der Waals surface area (Å²) in [6.07, 6.45) is 0.0627. The average molecular weight is 374 g/mol. The maximum Gasteiger partial charge on any atom is 0.278 e. The van der Waals surface area contributed by atoms with Crippen LogP contribution >= 0.6 is 11.6 Å². The predicted octanol–water partition coefficient (Wildman–Crippen LogP) is 4.57. The number of ether oxygens (including phenoxy) is 1. The molecule has 0 aliphatic heterocycles. The molecule has 3 rings (SSSR count). The SMILES string of the molecule is Cc1cc(C(C)C)c2c(=O)n(C)c(-c3ccc(OC(C)C)cc3Cl)nn12. The van der Waals surface area contributed by atoms with E-state index in [0.29, 0.717) is 27.7 Å². The van der Waals surface area contributed by atoms with E-state index in [4.69, 9.17) is 21.4 Å². The first kappa shape index (κ1) is 18.5. The molecular weight excluding hydrogens is 350 g/mol. The second kappa shape index (κ2) is 6.80. The lowest BCUT2D eigenvalue weighted by molar-refractivity contribution is 0.242. The zero-order chi connectivity index (χ0) is 19.2. The first-order valence-corrected chi connectivity index (χ1v) is 9.14. The summed E-state index contributed by atoms with van der Waals surface area (Å²) in [4.78, 5) is 13.0. The van der Waals surface area contributed by atoms with Crippen molar-refractivity contribution in [2.24, 2.45) is 7.05 Å². The normalized spacial score (nSPS) is 11.7. The minimum absolute atomic E-state index is 0.0627. The number of halogens is 1. The Kier molecular flexibility index (Phi) is 4.84. The van der Waals surface area contributed by atoms with E-state index >= 15 is 0 Å². The second-order valence-electron chi connectivity index (χ2n) is 7.15. The van der Waals surface area contributed by atoms with Crippen LogP contribution in [0.15, 0.2) is 29.1 Å². The summed E-state index contributed by atoms with van der Waals surface area (Å²) in [5, 5.41) is 5.21. The smallest absolute Gasteiger partial charge is 0.278 e. The minimum atomic E-state index is -0.0784. The highest BCUT2D eigenvalue weighted by Crippen LogP contribution is 2.31. The van der Waals surface area contributed by atoms with Gasteiger partial charge >= 0.3 is 0 Å². The molecule has 0 saturated carbocycles. The Bertz CT molecular complexity index is 1030. The van der Waals surface area contributed by atoms with Crippen molar-refractivity contribution in [3.63, 3.8) is 0 Å². The topological polar surface area (TPSA) is 48.5 Å². The van der Waals surface area contributed by atoms with E-state index in [0.717, 1.165) is 11.3 Å². The molecule has 0 spiro atoms. The van der Waals surface area contributed by atoms with Crippen LogP contribution in [-0.2, 0) is 7.05 Å². The van der Waals surface area contributed by atoms with Gasteiger partial charge in [0.15, 0.2) is 5.82 Å². The molecule has 26 heavy (non-hydrogen) atoms. The molecule has 3 aromatic rings. The molecule has 0 aliphatic carbocycles. The molecule has 0 atom stereocenters. The highest BCUT2D eigenvalue weighted by atomic mass is 35.5. The summed E-state index contributed by atoms with van der Waals surface area (Å²) in [6, 6.07) is 7.48. The number of aryl methyl sites for hydroxylation is 1. The third-order valence-electron chi connectivity index (χ3n) is 4.38. The molecule has 1 aromatic carbocycles. The summed E-state index contributed by atoms with van der Waals surface area (Å²) in [5.41, 5.74) is 3.18. The summed E-state index contributed by atoms with van der Waals surface area (Å²) >= 11 is 6.47. The van der Waals surface area contributed by atoms with Crippen LogP contribution in [0.5, 0.6) is 5.75 Å². The Hall–Kier alpha value is -2.27. The maximum atomic E-state index is 13.0. The number of hydrogen-bond donors (Lipinski definition) is 0. The van der Waals surface area contributed by atoms with Gasteiger partial charge in [-0.25, -0.2) is 4.52 Å². The average Bonchev–Trinajstić information content (AvgIpc) is 2.88. The van der Waals surface area contributed by atoms with Crippen molar-refractivity contribution in [2.45, 2.75) is 46.6 Å². The lowest BCUT2D eigenvalue weighted by Gasteiger charge is -2.14. The molecule has 0 fully saturated rings. The highest BCUT2D eigenvalue weighted by molar-refractivity contribution is 6.33. The van der Waals surface area contributed by atoms with Gasteiger partial charge in [0.25, 0.3) is 5.56 Å². The van der Waals surface area contributed by atoms with Gasteiger partial charge < -0.3 is 4.74 Å². The fourth-order valence-electron chi connectivity index (χ4n) is 3.11. The third kappa shape index (κ3) is 3.12. The fourth-order valence-corrected chi connectivity index (χ4v) is 3.37. The summed E-state index contributed by atoms with van der Waals surface area (Å²) in [6.45, 7) is 10.0. The van der Waals surface area contributed by atoms with Crippen LogP contribution in [0.2, 0.25) is 5.02 Å². The zero-order valence-electron chi connectivity index (χ0n) is 16.0. The largest absolute Gasteiger partial charge is 0.491 e. The van der Waals surface area contributed by atoms with E-state index in [1.54, 1.807) is 22.2 Å². The van der Waals surface area contributed by atoms with Gasteiger partial charge in [-0.15, -0.1) is 5.10 Å². The molecule has 0 amide bonds. The predicted molar refractivity (Wildman–Crippen MR) is 105 cm³/mol. The van der Waals surface area contributed by atoms with Crippen LogP contribution in [0.4, 0.5) is 0 Å². The van der Waals surface area contributed by atoms with Crippen LogP contribution in [0.3, 0.4) is 0 Å². The zero-order valence-corrected chi connectivity index (χ0v) is 16.8. The molecule has 0 bridgehead atoms. The van der Waals surface area contributed by atoms with E-state index in [9.17, 15) is 4.79 Å². The summed E-state index contributed by atoms with van der Waals surface area (Å²) in [7, 11) is 1.73. The lowest BCUT2D eigenvalue weighted by Crippen LogP contribution is -2.24.